The lowest BCUT2D eigenvalue weighted by molar-refractivity contribution is -0.125. The molecule has 2 N–H and O–H groups in total. The molecule has 29 heavy (non-hydrogen) atoms. The lowest BCUT2D eigenvalue weighted by Crippen LogP contribution is -2.32. The third kappa shape index (κ3) is 5.13. The van der Waals surface area contributed by atoms with Crippen molar-refractivity contribution in [1.29, 1.82) is 0 Å². The molecule has 148 valence electrons. The Morgan fingerprint density at radius 2 is 1.17 bits per heavy atom. The second-order valence-electron chi connectivity index (χ2n) is 6.29. The molecule has 0 aromatic heterocycles. The quantitative estimate of drug-likeness (QED) is 0.597. The summed E-state index contributed by atoms with van der Waals surface area (Å²) in [6, 6.07) is 22.9. The van der Waals surface area contributed by atoms with Crippen molar-refractivity contribution in [2.24, 2.45) is 0 Å². The molecule has 0 aliphatic carbocycles. The average molecular weight is 390 g/mol. The monoisotopic (exact) mass is 390 g/mol. The molecule has 0 fully saturated rings. The number of rotatable bonds is 7. The normalized spacial score (nSPS) is 10.3. The van der Waals surface area contributed by atoms with Gasteiger partial charge in [-0.05, 0) is 29.8 Å². The number of nitrogens with one attached hydrogen (secondary N) is 2. The van der Waals surface area contributed by atoms with Crippen LogP contribution in [0.25, 0.3) is 0 Å². The Labute approximate surface area is 169 Å². The lowest BCUT2D eigenvalue weighted by Gasteiger charge is -2.18. The molecule has 2 amide bonds. The van der Waals surface area contributed by atoms with Gasteiger partial charge < -0.3 is 20.1 Å². The van der Waals surface area contributed by atoms with Crippen LogP contribution in [0.3, 0.4) is 0 Å². The molecule has 0 atom stereocenters. The number of carbonyl (C=O) groups is 2. The highest BCUT2D eigenvalue weighted by atomic mass is 16.5. The number of carbonyl (C=O) groups excluding carboxylic acids is 2. The number of ether oxygens (including phenoxy) is 2. The first kappa shape index (κ1) is 19.9. The Kier molecular flexibility index (Phi) is 6.47. The van der Waals surface area contributed by atoms with Crippen molar-refractivity contribution >= 4 is 23.2 Å². The minimum atomic E-state index is -1.03. The van der Waals surface area contributed by atoms with E-state index in [-0.39, 0.29) is 0 Å². The molecule has 0 saturated carbocycles. The van der Waals surface area contributed by atoms with Crippen LogP contribution in [-0.4, -0.2) is 26.0 Å². The molecule has 0 saturated heterocycles. The van der Waals surface area contributed by atoms with Crippen LogP contribution in [0.5, 0.6) is 11.5 Å². The summed E-state index contributed by atoms with van der Waals surface area (Å²) in [5, 5.41) is 5.60. The number of amides is 2. The standard InChI is InChI=1S/C23H22N2O4/c1-28-19-12-6-10-17(14-19)24-22(26)21(16-8-4-3-5-9-16)23(27)25-18-11-7-13-20(15-18)29-2/h3-15,21H,1-2H3,(H,24,26)(H,25,27). The summed E-state index contributed by atoms with van der Waals surface area (Å²) in [5.41, 5.74) is 1.68. The fraction of sp³-hybridized carbons (Fsp3) is 0.130. The summed E-state index contributed by atoms with van der Waals surface area (Å²) in [7, 11) is 3.10. The minimum Gasteiger partial charge on any atom is -0.497 e. The Bertz CT molecular complexity index is 927. The molecular weight excluding hydrogens is 368 g/mol. The van der Waals surface area contributed by atoms with Gasteiger partial charge in [-0.3, -0.25) is 9.59 Å². The maximum atomic E-state index is 13.0. The second-order valence-corrected chi connectivity index (χ2v) is 6.29. The Morgan fingerprint density at radius 3 is 1.62 bits per heavy atom. The van der Waals surface area contributed by atoms with Crippen LogP contribution in [0.1, 0.15) is 11.5 Å². The Hall–Kier alpha value is -3.80. The summed E-state index contributed by atoms with van der Waals surface area (Å²) >= 11 is 0. The van der Waals surface area contributed by atoms with Crippen LogP contribution >= 0.6 is 0 Å². The number of hydrogen-bond acceptors (Lipinski definition) is 4. The van der Waals surface area contributed by atoms with E-state index in [4.69, 9.17) is 9.47 Å². The van der Waals surface area contributed by atoms with E-state index in [9.17, 15) is 9.59 Å². The van der Waals surface area contributed by atoms with E-state index in [0.717, 1.165) is 0 Å². The highest BCUT2D eigenvalue weighted by Gasteiger charge is 2.29. The van der Waals surface area contributed by atoms with E-state index in [2.05, 4.69) is 10.6 Å². The van der Waals surface area contributed by atoms with Crippen molar-refractivity contribution < 1.29 is 19.1 Å². The molecule has 0 heterocycles. The molecule has 6 heteroatoms. The van der Waals surface area contributed by atoms with Crippen LogP contribution < -0.4 is 20.1 Å². The molecule has 0 aliphatic heterocycles. The predicted octanol–water partition coefficient (Wildman–Crippen LogP) is 4.06. The third-order valence-electron chi connectivity index (χ3n) is 4.33. The molecule has 0 unspecified atom stereocenters. The first-order chi connectivity index (χ1) is 14.1. The molecule has 3 rings (SSSR count). The van der Waals surface area contributed by atoms with Crippen molar-refractivity contribution in [2.75, 3.05) is 24.9 Å². The SMILES string of the molecule is COc1cccc(NC(=O)C(C(=O)Nc2cccc(OC)c2)c2ccccc2)c1. The molecular formula is C23H22N2O4. The highest BCUT2D eigenvalue weighted by molar-refractivity contribution is 6.15. The summed E-state index contributed by atoms with van der Waals surface area (Å²) in [5.74, 6) is -0.692. The maximum absolute atomic E-state index is 13.0. The number of methoxy groups -OCH3 is 2. The molecule has 3 aromatic rings. The molecule has 3 aromatic carbocycles. The Balaban J connectivity index is 1.85. The summed E-state index contributed by atoms with van der Waals surface area (Å²) in [6.07, 6.45) is 0. The highest BCUT2D eigenvalue weighted by Crippen LogP contribution is 2.24. The number of anilines is 2. The average Bonchev–Trinajstić information content (AvgIpc) is 2.75. The van der Waals surface area contributed by atoms with Crippen molar-refractivity contribution in [3.63, 3.8) is 0 Å². The van der Waals surface area contributed by atoms with E-state index < -0.39 is 17.7 Å². The van der Waals surface area contributed by atoms with Gasteiger partial charge in [0.05, 0.1) is 14.2 Å². The topological polar surface area (TPSA) is 76.7 Å². The van der Waals surface area contributed by atoms with Gasteiger partial charge in [0, 0.05) is 23.5 Å². The van der Waals surface area contributed by atoms with E-state index >= 15 is 0 Å². The van der Waals surface area contributed by atoms with Crippen molar-refractivity contribution in [3.8, 4) is 11.5 Å². The first-order valence-electron chi connectivity index (χ1n) is 9.05. The maximum Gasteiger partial charge on any atom is 0.241 e. The third-order valence-corrected chi connectivity index (χ3v) is 4.33. The zero-order valence-electron chi connectivity index (χ0n) is 16.2. The van der Waals surface area contributed by atoms with Crippen LogP contribution in [0.15, 0.2) is 78.9 Å². The second kappa shape index (κ2) is 9.41. The van der Waals surface area contributed by atoms with Crippen LogP contribution in [-0.2, 0) is 9.59 Å². The molecule has 0 aliphatic rings. The van der Waals surface area contributed by atoms with Gasteiger partial charge in [0.1, 0.15) is 17.4 Å². The van der Waals surface area contributed by atoms with E-state index in [1.807, 2.05) is 6.07 Å². The van der Waals surface area contributed by atoms with Gasteiger partial charge in [-0.25, -0.2) is 0 Å². The fourth-order valence-electron chi connectivity index (χ4n) is 2.90. The molecule has 0 radical (unpaired) electrons. The number of benzene rings is 3. The zero-order chi connectivity index (χ0) is 20.6. The van der Waals surface area contributed by atoms with Crippen molar-refractivity contribution in [2.45, 2.75) is 5.92 Å². The summed E-state index contributed by atoms with van der Waals surface area (Å²) < 4.78 is 10.4. The van der Waals surface area contributed by atoms with Gasteiger partial charge in [0.25, 0.3) is 0 Å². The van der Waals surface area contributed by atoms with Crippen LogP contribution in [0.2, 0.25) is 0 Å². The largest absolute Gasteiger partial charge is 0.497 e. The van der Waals surface area contributed by atoms with E-state index in [1.165, 1.54) is 0 Å². The van der Waals surface area contributed by atoms with Gasteiger partial charge in [-0.15, -0.1) is 0 Å². The van der Waals surface area contributed by atoms with Crippen molar-refractivity contribution in [1.82, 2.24) is 0 Å². The van der Waals surface area contributed by atoms with Crippen molar-refractivity contribution in [3.05, 3.63) is 84.4 Å². The summed E-state index contributed by atoms with van der Waals surface area (Å²) in [6.45, 7) is 0. The van der Waals surface area contributed by atoms with Crippen LogP contribution in [0, 0.1) is 0 Å². The summed E-state index contributed by atoms with van der Waals surface area (Å²) in [4.78, 5) is 26.1. The van der Waals surface area contributed by atoms with E-state index in [0.29, 0.717) is 28.4 Å². The number of hydrogen-bond donors (Lipinski definition) is 2. The lowest BCUT2D eigenvalue weighted by atomic mass is 9.97. The molecule has 6 nitrogen and oxygen atoms in total. The van der Waals surface area contributed by atoms with Gasteiger partial charge in [-0.1, -0.05) is 42.5 Å². The zero-order valence-corrected chi connectivity index (χ0v) is 16.2. The minimum absolute atomic E-state index is 0.440. The van der Waals surface area contributed by atoms with Gasteiger partial charge in [-0.2, -0.15) is 0 Å². The predicted molar refractivity (Wildman–Crippen MR) is 112 cm³/mol. The van der Waals surface area contributed by atoms with Gasteiger partial charge in [0.2, 0.25) is 11.8 Å². The fourth-order valence-corrected chi connectivity index (χ4v) is 2.90. The Morgan fingerprint density at radius 1 is 0.690 bits per heavy atom. The van der Waals surface area contributed by atoms with Gasteiger partial charge >= 0.3 is 0 Å². The van der Waals surface area contributed by atoms with Crippen LogP contribution in [0.4, 0.5) is 11.4 Å². The molecule has 0 spiro atoms. The van der Waals surface area contributed by atoms with E-state index in [1.54, 1.807) is 87.0 Å². The smallest absolute Gasteiger partial charge is 0.241 e. The first-order valence-corrected chi connectivity index (χ1v) is 9.05. The van der Waals surface area contributed by atoms with Gasteiger partial charge in [0.15, 0.2) is 0 Å². The molecule has 0 bridgehead atoms.